The maximum Gasteiger partial charge on any atom is 0.133 e. The highest BCUT2D eigenvalue weighted by Crippen LogP contribution is 2.40. The summed E-state index contributed by atoms with van der Waals surface area (Å²) in [5.41, 5.74) is 2.09. The zero-order valence-corrected chi connectivity index (χ0v) is 11.7. The van der Waals surface area contributed by atoms with E-state index in [4.69, 9.17) is 16.6 Å². The molecule has 3 aromatic rings. The van der Waals surface area contributed by atoms with Crippen LogP contribution in [-0.4, -0.2) is 9.97 Å². The summed E-state index contributed by atoms with van der Waals surface area (Å²) in [5.74, 6) is 1.41. The molecule has 0 amide bonds. The maximum absolute atomic E-state index is 6.15. The number of rotatable bonds is 2. The van der Waals surface area contributed by atoms with Crippen LogP contribution in [-0.2, 0) is 0 Å². The molecule has 1 aliphatic carbocycles. The summed E-state index contributed by atoms with van der Waals surface area (Å²) < 4.78 is 1.26. The number of thiophene rings is 1. The van der Waals surface area contributed by atoms with Crippen LogP contribution >= 0.6 is 22.9 Å². The van der Waals surface area contributed by atoms with Gasteiger partial charge in [0.2, 0.25) is 0 Å². The first kappa shape index (κ1) is 11.4. The van der Waals surface area contributed by atoms with E-state index < -0.39 is 0 Å². The molecular formula is C15H11ClN2S. The van der Waals surface area contributed by atoms with Gasteiger partial charge in [0.05, 0.1) is 5.69 Å². The van der Waals surface area contributed by atoms with Crippen molar-refractivity contribution < 1.29 is 0 Å². The topological polar surface area (TPSA) is 25.8 Å². The average molecular weight is 287 g/mol. The first-order valence-corrected chi connectivity index (χ1v) is 7.58. The molecule has 2 nitrogen and oxygen atoms in total. The van der Waals surface area contributed by atoms with Crippen LogP contribution in [0.3, 0.4) is 0 Å². The summed E-state index contributed by atoms with van der Waals surface area (Å²) >= 11 is 7.89. The maximum atomic E-state index is 6.15. The average Bonchev–Trinajstić information content (AvgIpc) is 3.15. The third kappa shape index (κ3) is 2.03. The molecule has 1 aromatic carbocycles. The third-order valence-electron chi connectivity index (χ3n) is 3.41. The van der Waals surface area contributed by atoms with Crippen molar-refractivity contribution in [1.29, 1.82) is 0 Å². The monoisotopic (exact) mass is 286 g/mol. The lowest BCUT2D eigenvalue weighted by molar-refractivity contribution is 0.931. The van der Waals surface area contributed by atoms with E-state index in [0.717, 1.165) is 17.1 Å². The Balaban J connectivity index is 1.93. The minimum atomic E-state index is 0.514. The largest absolute Gasteiger partial charge is 0.232 e. The van der Waals surface area contributed by atoms with Gasteiger partial charge in [0.25, 0.3) is 0 Å². The lowest BCUT2D eigenvalue weighted by Gasteiger charge is -2.05. The fourth-order valence-corrected chi connectivity index (χ4v) is 3.40. The standard InChI is InChI=1S/C15H11ClN2S/c16-13-8-12(17-15(18-13)10-4-5-10)11-3-1-2-9-6-7-19-14(9)11/h1-3,6-8,10H,4-5H2. The zero-order chi connectivity index (χ0) is 12.8. The molecule has 0 N–H and O–H groups in total. The van der Waals surface area contributed by atoms with E-state index in [9.17, 15) is 0 Å². The van der Waals surface area contributed by atoms with E-state index in [1.807, 2.05) is 6.07 Å². The minimum Gasteiger partial charge on any atom is -0.232 e. The molecule has 19 heavy (non-hydrogen) atoms. The lowest BCUT2D eigenvalue weighted by Crippen LogP contribution is -1.95. The van der Waals surface area contributed by atoms with E-state index in [0.29, 0.717) is 11.1 Å². The van der Waals surface area contributed by atoms with Crippen LogP contribution in [0.1, 0.15) is 24.6 Å². The van der Waals surface area contributed by atoms with Crippen LogP contribution in [0.25, 0.3) is 21.3 Å². The number of halogens is 1. The quantitative estimate of drug-likeness (QED) is 0.627. The fraction of sp³-hybridized carbons (Fsp3) is 0.200. The van der Waals surface area contributed by atoms with Gasteiger partial charge in [-0.15, -0.1) is 11.3 Å². The van der Waals surface area contributed by atoms with E-state index in [1.165, 1.54) is 22.9 Å². The van der Waals surface area contributed by atoms with Crippen molar-refractivity contribution in [2.45, 2.75) is 18.8 Å². The van der Waals surface area contributed by atoms with Crippen LogP contribution < -0.4 is 0 Å². The lowest BCUT2D eigenvalue weighted by atomic mass is 10.1. The molecule has 0 atom stereocenters. The predicted molar refractivity (Wildman–Crippen MR) is 79.8 cm³/mol. The van der Waals surface area contributed by atoms with E-state index in [1.54, 1.807) is 11.3 Å². The molecule has 1 saturated carbocycles. The van der Waals surface area contributed by atoms with Gasteiger partial charge in [0, 0.05) is 22.2 Å². The van der Waals surface area contributed by atoms with Crippen molar-refractivity contribution in [3.8, 4) is 11.3 Å². The van der Waals surface area contributed by atoms with Crippen molar-refractivity contribution in [2.24, 2.45) is 0 Å². The predicted octanol–water partition coefficient (Wildman–Crippen LogP) is 4.89. The van der Waals surface area contributed by atoms with Crippen molar-refractivity contribution in [1.82, 2.24) is 9.97 Å². The Bertz CT molecular complexity index is 762. The van der Waals surface area contributed by atoms with Crippen molar-refractivity contribution in [3.63, 3.8) is 0 Å². The highest BCUT2D eigenvalue weighted by Gasteiger charge is 2.27. The molecule has 1 aliphatic rings. The van der Waals surface area contributed by atoms with Crippen molar-refractivity contribution in [3.05, 3.63) is 46.7 Å². The highest BCUT2D eigenvalue weighted by atomic mass is 35.5. The molecule has 2 heterocycles. The van der Waals surface area contributed by atoms with Gasteiger partial charge < -0.3 is 0 Å². The third-order valence-corrected chi connectivity index (χ3v) is 4.57. The molecule has 4 rings (SSSR count). The molecule has 0 spiro atoms. The Morgan fingerprint density at radius 3 is 2.89 bits per heavy atom. The van der Waals surface area contributed by atoms with Crippen molar-refractivity contribution in [2.75, 3.05) is 0 Å². The summed E-state index contributed by atoms with van der Waals surface area (Å²) in [6.45, 7) is 0. The summed E-state index contributed by atoms with van der Waals surface area (Å²) in [6.07, 6.45) is 2.37. The van der Waals surface area contributed by atoms with Gasteiger partial charge in [-0.1, -0.05) is 29.8 Å². The number of hydrogen-bond donors (Lipinski definition) is 0. The molecule has 0 radical (unpaired) electrons. The van der Waals surface area contributed by atoms with Gasteiger partial charge in [0.15, 0.2) is 0 Å². The van der Waals surface area contributed by atoms with Crippen LogP contribution in [0.5, 0.6) is 0 Å². The van der Waals surface area contributed by atoms with E-state index in [-0.39, 0.29) is 0 Å². The van der Waals surface area contributed by atoms with Gasteiger partial charge in [-0.05, 0) is 29.7 Å². The molecular weight excluding hydrogens is 276 g/mol. The van der Waals surface area contributed by atoms with Gasteiger partial charge in [-0.3, -0.25) is 0 Å². The Hall–Kier alpha value is -1.45. The zero-order valence-electron chi connectivity index (χ0n) is 10.1. The molecule has 1 fully saturated rings. The smallest absolute Gasteiger partial charge is 0.133 e. The Kier molecular flexibility index (Phi) is 2.57. The van der Waals surface area contributed by atoms with Crippen molar-refractivity contribution >= 4 is 33.0 Å². The van der Waals surface area contributed by atoms with Gasteiger partial charge in [0.1, 0.15) is 11.0 Å². The normalized spacial score (nSPS) is 15.0. The highest BCUT2D eigenvalue weighted by molar-refractivity contribution is 7.17. The number of fused-ring (bicyclic) bond motifs is 1. The van der Waals surface area contributed by atoms with Crippen LogP contribution in [0.2, 0.25) is 5.15 Å². The summed E-state index contributed by atoms with van der Waals surface area (Å²) in [7, 11) is 0. The first-order valence-electron chi connectivity index (χ1n) is 6.32. The molecule has 4 heteroatoms. The van der Waals surface area contributed by atoms with Gasteiger partial charge >= 0.3 is 0 Å². The molecule has 0 aliphatic heterocycles. The minimum absolute atomic E-state index is 0.514. The summed E-state index contributed by atoms with van der Waals surface area (Å²) in [6, 6.07) is 10.3. The number of aromatic nitrogens is 2. The molecule has 0 saturated heterocycles. The SMILES string of the molecule is Clc1cc(-c2cccc3ccsc23)nc(C2CC2)n1. The van der Waals surface area contributed by atoms with Crippen LogP contribution in [0.15, 0.2) is 35.7 Å². The second-order valence-electron chi connectivity index (χ2n) is 4.85. The van der Waals surface area contributed by atoms with E-state index in [2.05, 4.69) is 34.6 Å². The second-order valence-corrected chi connectivity index (χ2v) is 6.16. The summed E-state index contributed by atoms with van der Waals surface area (Å²) in [4.78, 5) is 9.05. The van der Waals surface area contributed by atoms with Gasteiger partial charge in [-0.2, -0.15) is 0 Å². The fourth-order valence-electron chi connectivity index (χ4n) is 2.29. The molecule has 0 unspecified atom stereocenters. The number of hydrogen-bond acceptors (Lipinski definition) is 3. The second kappa shape index (κ2) is 4.29. The van der Waals surface area contributed by atoms with Crippen LogP contribution in [0.4, 0.5) is 0 Å². The Labute approximate surface area is 120 Å². The number of benzene rings is 1. The first-order chi connectivity index (χ1) is 9.31. The molecule has 2 aromatic heterocycles. The van der Waals surface area contributed by atoms with E-state index >= 15 is 0 Å². The summed E-state index contributed by atoms with van der Waals surface area (Å²) in [5, 5.41) is 3.91. The number of nitrogens with zero attached hydrogens (tertiary/aromatic N) is 2. The Morgan fingerprint density at radius 1 is 1.16 bits per heavy atom. The molecule has 0 bridgehead atoms. The van der Waals surface area contributed by atoms with Crippen LogP contribution in [0, 0.1) is 0 Å². The molecule has 94 valence electrons. The van der Waals surface area contributed by atoms with Gasteiger partial charge in [-0.25, -0.2) is 9.97 Å². The Morgan fingerprint density at radius 2 is 2.05 bits per heavy atom.